The molecule has 35 heavy (non-hydrogen) atoms. The molecular formula is C29H29N3O3. The minimum Gasteiger partial charge on any atom is -0.493 e. The predicted molar refractivity (Wildman–Crippen MR) is 140 cm³/mol. The number of aromatic nitrogens is 1. The van der Waals surface area contributed by atoms with Crippen molar-refractivity contribution in [3.8, 4) is 28.4 Å². The first-order valence-corrected chi connectivity index (χ1v) is 11.5. The van der Waals surface area contributed by atoms with Gasteiger partial charge in [-0.15, -0.1) is 0 Å². The maximum atomic E-state index is 12.7. The van der Waals surface area contributed by atoms with Gasteiger partial charge in [0.25, 0.3) is 5.91 Å². The Kier molecular flexibility index (Phi) is 7.31. The monoisotopic (exact) mass is 467 g/mol. The quantitative estimate of drug-likeness (QED) is 0.255. The van der Waals surface area contributed by atoms with E-state index in [2.05, 4.69) is 46.3 Å². The molecule has 1 heterocycles. The lowest BCUT2D eigenvalue weighted by Gasteiger charge is -2.15. The first-order valence-electron chi connectivity index (χ1n) is 11.5. The number of carbonyl (C=O) groups excluding carboxylic acids is 1. The van der Waals surface area contributed by atoms with Gasteiger partial charge < -0.3 is 14.0 Å². The van der Waals surface area contributed by atoms with Crippen LogP contribution in [0, 0.1) is 6.92 Å². The lowest BCUT2D eigenvalue weighted by atomic mass is 10.1. The highest BCUT2D eigenvalue weighted by atomic mass is 16.5. The van der Waals surface area contributed by atoms with Gasteiger partial charge in [0.15, 0.2) is 11.5 Å². The number of hydrogen-bond acceptors (Lipinski definition) is 4. The van der Waals surface area contributed by atoms with Crippen LogP contribution >= 0.6 is 0 Å². The zero-order chi connectivity index (χ0) is 24.8. The molecule has 0 fully saturated rings. The number of ether oxygens (including phenoxy) is 2. The van der Waals surface area contributed by atoms with Crippen molar-refractivity contribution in [2.45, 2.75) is 26.9 Å². The van der Waals surface area contributed by atoms with Gasteiger partial charge in [-0.2, -0.15) is 5.10 Å². The summed E-state index contributed by atoms with van der Waals surface area (Å²) in [4.78, 5) is 12.7. The van der Waals surface area contributed by atoms with Crippen LogP contribution in [0.1, 0.15) is 35.5 Å². The standard InChI is InChI=1S/C29H29N3O3/c1-20(2)35-28-24(11-8-12-27(28)34-4)19-30-31-29(33)23-14-16-25(17-15-23)32-21(3)13-18-26(32)22-9-6-5-7-10-22/h5-20H,1-4H3,(H,31,33)/b30-19+. The molecule has 0 aliphatic heterocycles. The van der Waals surface area contributed by atoms with Gasteiger partial charge in [-0.25, -0.2) is 5.43 Å². The minimum absolute atomic E-state index is 0.0297. The van der Waals surface area contributed by atoms with Crippen LogP contribution in [-0.2, 0) is 0 Å². The van der Waals surface area contributed by atoms with Crippen LogP contribution in [0.15, 0.2) is 90.0 Å². The zero-order valence-corrected chi connectivity index (χ0v) is 20.4. The van der Waals surface area contributed by atoms with Crippen molar-refractivity contribution in [3.05, 3.63) is 102 Å². The predicted octanol–water partition coefficient (Wildman–Crippen LogP) is 6.01. The number of para-hydroxylation sites is 1. The van der Waals surface area contributed by atoms with E-state index in [4.69, 9.17) is 9.47 Å². The lowest BCUT2D eigenvalue weighted by Crippen LogP contribution is -2.18. The van der Waals surface area contributed by atoms with Crippen LogP contribution in [0.2, 0.25) is 0 Å². The van der Waals surface area contributed by atoms with Crippen molar-refractivity contribution < 1.29 is 14.3 Å². The van der Waals surface area contributed by atoms with Crippen LogP contribution in [0.25, 0.3) is 16.9 Å². The summed E-state index contributed by atoms with van der Waals surface area (Å²) in [6.45, 7) is 5.95. The average molecular weight is 468 g/mol. The summed E-state index contributed by atoms with van der Waals surface area (Å²) in [6.07, 6.45) is 1.53. The fraction of sp³-hybridized carbons (Fsp3) is 0.172. The Balaban J connectivity index is 1.50. The minimum atomic E-state index is -0.297. The second-order valence-electron chi connectivity index (χ2n) is 8.35. The fourth-order valence-electron chi connectivity index (χ4n) is 3.86. The van der Waals surface area contributed by atoms with Crippen molar-refractivity contribution in [2.24, 2.45) is 5.10 Å². The van der Waals surface area contributed by atoms with E-state index in [1.54, 1.807) is 25.5 Å². The number of aryl methyl sites for hydroxylation is 1. The van der Waals surface area contributed by atoms with Gasteiger partial charge in [-0.1, -0.05) is 36.4 Å². The van der Waals surface area contributed by atoms with Crippen LogP contribution in [0.5, 0.6) is 11.5 Å². The Labute approximate surface area is 205 Å². The molecule has 6 nitrogen and oxygen atoms in total. The van der Waals surface area contributed by atoms with E-state index in [9.17, 15) is 4.79 Å². The number of amides is 1. The second-order valence-corrected chi connectivity index (χ2v) is 8.35. The highest BCUT2D eigenvalue weighted by Gasteiger charge is 2.12. The van der Waals surface area contributed by atoms with Crippen LogP contribution in [-0.4, -0.2) is 29.9 Å². The second kappa shape index (κ2) is 10.7. The third kappa shape index (κ3) is 5.44. The number of nitrogens with zero attached hydrogens (tertiary/aromatic N) is 2. The van der Waals surface area contributed by atoms with Crippen molar-refractivity contribution in [1.29, 1.82) is 0 Å². The number of hydrogen-bond donors (Lipinski definition) is 1. The molecule has 0 spiro atoms. The normalized spacial score (nSPS) is 11.1. The van der Waals surface area contributed by atoms with Crippen LogP contribution in [0.3, 0.4) is 0 Å². The van der Waals surface area contributed by atoms with Gasteiger partial charge >= 0.3 is 0 Å². The van der Waals surface area contributed by atoms with Crippen LogP contribution < -0.4 is 14.9 Å². The fourth-order valence-corrected chi connectivity index (χ4v) is 3.86. The Morgan fingerprint density at radius 1 is 0.943 bits per heavy atom. The summed E-state index contributed by atoms with van der Waals surface area (Å²) in [5.74, 6) is 0.901. The first-order chi connectivity index (χ1) is 17.0. The molecule has 0 aliphatic carbocycles. The summed E-state index contributed by atoms with van der Waals surface area (Å²) in [5.41, 5.74) is 8.16. The van der Waals surface area contributed by atoms with E-state index >= 15 is 0 Å². The van der Waals surface area contributed by atoms with Crippen molar-refractivity contribution in [1.82, 2.24) is 9.99 Å². The molecule has 1 amide bonds. The Hall–Kier alpha value is -4.32. The van der Waals surface area contributed by atoms with Gasteiger partial charge in [0.05, 0.1) is 25.1 Å². The number of methoxy groups -OCH3 is 1. The SMILES string of the molecule is COc1cccc(/C=N/NC(=O)c2ccc(-n3c(C)ccc3-c3ccccc3)cc2)c1OC(C)C. The molecule has 0 atom stereocenters. The smallest absolute Gasteiger partial charge is 0.271 e. The first kappa shape index (κ1) is 23.8. The number of nitrogens with one attached hydrogen (secondary N) is 1. The van der Waals surface area contributed by atoms with E-state index in [0.717, 1.165) is 22.6 Å². The number of benzene rings is 3. The van der Waals surface area contributed by atoms with E-state index in [-0.39, 0.29) is 12.0 Å². The molecule has 6 heteroatoms. The average Bonchev–Trinajstić information content (AvgIpc) is 3.26. The Morgan fingerprint density at radius 3 is 2.37 bits per heavy atom. The lowest BCUT2D eigenvalue weighted by molar-refractivity contribution is 0.0955. The number of carbonyl (C=O) groups is 1. The van der Waals surface area contributed by atoms with Crippen molar-refractivity contribution in [3.63, 3.8) is 0 Å². The maximum absolute atomic E-state index is 12.7. The molecular weight excluding hydrogens is 438 g/mol. The number of hydrazone groups is 1. The molecule has 0 bridgehead atoms. The third-order valence-corrected chi connectivity index (χ3v) is 5.49. The summed E-state index contributed by atoms with van der Waals surface area (Å²) in [6, 6.07) is 27.4. The van der Waals surface area contributed by atoms with E-state index in [1.165, 1.54) is 0 Å². The molecule has 0 saturated heterocycles. The molecule has 0 aliphatic rings. The summed E-state index contributed by atoms with van der Waals surface area (Å²) in [7, 11) is 1.59. The topological polar surface area (TPSA) is 64.8 Å². The molecule has 4 rings (SSSR count). The van der Waals surface area contributed by atoms with Gasteiger partial charge in [-0.05, 0) is 74.9 Å². The van der Waals surface area contributed by atoms with E-state index in [1.807, 2.05) is 62.4 Å². The highest BCUT2D eigenvalue weighted by molar-refractivity contribution is 5.95. The molecule has 1 N–H and O–H groups in total. The van der Waals surface area contributed by atoms with Gasteiger partial charge in [0.1, 0.15) is 0 Å². The van der Waals surface area contributed by atoms with E-state index < -0.39 is 0 Å². The maximum Gasteiger partial charge on any atom is 0.271 e. The van der Waals surface area contributed by atoms with E-state index in [0.29, 0.717) is 22.6 Å². The molecule has 4 aromatic rings. The molecule has 0 unspecified atom stereocenters. The van der Waals surface area contributed by atoms with Crippen LogP contribution in [0.4, 0.5) is 0 Å². The molecule has 0 radical (unpaired) electrons. The molecule has 3 aromatic carbocycles. The Bertz CT molecular complexity index is 1320. The summed E-state index contributed by atoms with van der Waals surface area (Å²) < 4.78 is 13.4. The molecule has 0 saturated carbocycles. The van der Waals surface area contributed by atoms with Gasteiger partial charge in [0.2, 0.25) is 0 Å². The summed E-state index contributed by atoms with van der Waals surface area (Å²) >= 11 is 0. The number of rotatable bonds is 8. The zero-order valence-electron chi connectivity index (χ0n) is 20.4. The van der Waals surface area contributed by atoms with Crippen molar-refractivity contribution >= 4 is 12.1 Å². The van der Waals surface area contributed by atoms with Gasteiger partial charge in [-0.3, -0.25) is 4.79 Å². The largest absolute Gasteiger partial charge is 0.493 e. The van der Waals surface area contributed by atoms with Crippen molar-refractivity contribution in [2.75, 3.05) is 7.11 Å². The molecule has 1 aromatic heterocycles. The Morgan fingerprint density at radius 2 is 1.69 bits per heavy atom. The van der Waals surface area contributed by atoms with Gasteiger partial charge in [0, 0.05) is 22.5 Å². The highest BCUT2D eigenvalue weighted by Crippen LogP contribution is 2.31. The molecule has 178 valence electrons. The third-order valence-electron chi connectivity index (χ3n) is 5.49. The summed E-state index contributed by atoms with van der Waals surface area (Å²) in [5, 5.41) is 4.14.